The first kappa shape index (κ1) is 21.5. The molecule has 2 heterocycles. The van der Waals surface area contributed by atoms with Gasteiger partial charge in [-0.2, -0.15) is 0 Å². The van der Waals surface area contributed by atoms with Crippen LogP contribution in [0.4, 0.5) is 4.79 Å². The van der Waals surface area contributed by atoms with E-state index in [1.165, 1.54) is 14.1 Å². The fourth-order valence-electron chi connectivity index (χ4n) is 4.42. The average Bonchev–Trinajstić information content (AvgIpc) is 2.86. The third-order valence-corrected chi connectivity index (χ3v) is 6.15. The van der Waals surface area contributed by atoms with Crippen molar-refractivity contribution < 1.29 is 28.8 Å². The quantitative estimate of drug-likeness (QED) is 0.440. The topological polar surface area (TPSA) is 104 Å². The maximum absolute atomic E-state index is 13.4. The van der Waals surface area contributed by atoms with Gasteiger partial charge in [0.15, 0.2) is 0 Å². The molecule has 3 aromatic carbocycles. The third-order valence-electron chi connectivity index (χ3n) is 6.15. The molecule has 0 atom stereocenters. The lowest BCUT2D eigenvalue weighted by molar-refractivity contribution is -0.211. The van der Waals surface area contributed by atoms with Crippen LogP contribution in [0.25, 0.3) is 10.8 Å². The number of barbiturate groups is 1. The van der Waals surface area contributed by atoms with E-state index in [0.717, 1.165) is 9.80 Å². The van der Waals surface area contributed by atoms with Crippen molar-refractivity contribution in [3.8, 4) is 0 Å². The highest BCUT2D eigenvalue weighted by Gasteiger charge is 2.60. The number of hydrogen-bond acceptors (Lipinski definition) is 6. The predicted octanol–water partition coefficient (Wildman–Crippen LogP) is 2.40. The summed E-state index contributed by atoms with van der Waals surface area (Å²) in [7, 11) is 2.43. The monoisotopic (exact) mass is 457 g/mol. The lowest BCUT2D eigenvalue weighted by atomic mass is 9.89. The molecule has 0 saturated carbocycles. The number of likely N-dealkylation sites (N-methyl/N-ethyl adjacent to an activating group) is 2. The molecule has 0 aliphatic carbocycles. The Morgan fingerprint density at radius 3 is 1.76 bits per heavy atom. The van der Waals surface area contributed by atoms with Crippen molar-refractivity contribution in [2.45, 2.75) is 12.0 Å². The van der Waals surface area contributed by atoms with Gasteiger partial charge in [-0.25, -0.2) is 9.63 Å². The predicted molar refractivity (Wildman–Crippen MR) is 119 cm³/mol. The summed E-state index contributed by atoms with van der Waals surface area (Å²) < 4.78 is 0. The summed E-state index contributed by atoms with van der Waals surface area (Å²) in [6.45, 7) is 0. The van der Waals surface area contributed by atoms with E-state index in [0.29, 0.717) is 21.4 Å². The molecule has 2 aliphatic heterocycles. The molecule has 9 heteroatoms. The number of urea groups is 1. The summed E-state index contributed by atoms with van der Waals surface area (Å²) in [5, 5.41) is 1.64. The molecular formula is C25H19N3O6. The number of nitrogens with zero attached hydrogens (tertiary/aromatic N) is 3. The molecule has 34 heavy (non-hydrogen) atoms. The van der Waals surface area contributed by atoms with Crippen molar-refractivity contribution >= 4 is 40.4 Å². The fourth-order valence-corrected chi connectivity index (χ4v) is 4.42. The van der Waals surface area contributed by atoms with E-state index in [4.69, 9.17) is 4.84 Å². The van der Waals surface area contributed by atoms with Crippen molar-refractivity contribution in [1.29, 1.82) is 0 Å². The second-order valence-corrected chi connectivity index (χ2v) is 8.21. The van der Waals surface area contributed by atoms with Crippen LogP contribution in [0.3, 0.4) is 0 Å². The lowest BCUT2D eigenvalue weighted by Crippen LogP contribution is -2.70. The van der Waals surface area contributed by atoms with Gasteiger partial charge in [0.05, 0.1) is 11.1 Å². The Bertz CT molecular complexity index is 1330. The van der Waals surface area contributed by atoms with Crippen molar-refractivity contribution in [1.82, 2.24) is 14.9 Å². The maximum atomic E-state index is 13.4. The zero-order chi connectivity index (χ0) is 24.2. The molecule has 9 nitrogen and oxygen atoms in total. The molecule has 0 N–H and O–H groups in total. The summed E-state index contributed by atoms with van der Waals surface area (Å²) >= 11 is 0. The van der Waals surface area contributed by atoms with Gasteiger partial charge in [0.2, 0.25) is 0 Å². The Hall–Kier alpha value is -4.37. The molecular weight excluding hydrogens is 438 g/mol. The fraction of sp³-hybridized carbons (Fsp3) is 0.160. The van der Waals surface area contributed by atoms with E-state index in [1.54, 1.807) is 66.7 Å². The van der Waals surface area contributed by atoms with Gasteiger partial charge in [-0.1, -0.05) is 54.6 Å². The minimum atomic E-state index is -2.34. The minimum absolute atomic E-state index is 0.205. The SMILES string of the molecule is CN1C(=O)N(C)C(=O)C(Cc2ccccc2)(ON2C(=O)c3cccc4cccc(c34)C2=O)C1=O. The minimum Gasteiger partial charge on any atom is -0.270 e. The van der Waals surface area contributed by atoms with E-state index in [-0.39, 0.29) is 17.5 Å². The molecule has 2 aliphatic rings. The summed E-state index contributed by atoms with van der Waals surface area (Å²) in [6.07, 6.45) is -0.295. The molecule has 0 bridgehead atoms. The molecule has 170 valence electrons. The van der Waals surface area contributed by atoms with E-state index in [1.807, 2.05) is 0 Å². The number of carbonyl (C=O) groups excluding carboxylic acids is 5. The second kappa shape index (κ2) is 7.60. The molecule has 1 saturated heterocycles. The van der Waals surface area contributed by atoms with Crippen LogP contribution in [0, 0.1) is 0 Å². The smallest absolute Gasteiger partial charge is 0.270 e. The Morgan fingerprint density at radius 2 is 1.24 bits per heavy atom. The Labute approximate surface area is 194 Å². The molecule has 0 radical (unpaired) electrons. The lowest BCUT2D eigenvalue weighted by Gasteiger charge is -2.42. The number of hydroxylamine groups is 2. The first-order chi connectivity index (χ1) is 16.3. The van der Waals surface area contributed by atoms with Crippen molar-refractivity contribution in [2.24, 2.45) is 0 Å². The van der Waals surface area contributed by atoms with Gasteiger partial charge in [-0.15, -0.1) is 5.06 Å². The van der Waals surface area contributed by atoms with Crippen LogP contribution in [0.15, 0.2) is 66.7 Å². The van der Waals surface area contributed by atoms with Crippen LogP contribution in [0.5, 0.6) is 0 Å². The largest absolute Gasteiger partial charge is 0.333 e. The number of amides is 6. The van der Waals surface area contributed by atoms with Crippen LogP contribution in [-0.2, 0) is 20.8 Å². The highest BCUT2D eigenvalue weighted by Crippen LogP contribution is 2.35. The number of rotatable bonds is 4. The van der Waals surface area contributed by atoms with Gasteiger partial charge >= 0.3 is 6.03 Å². The van der Waals surface area contributed by atoms with E-state index in [2.05, 4.69) is 0 Å². The van der Waals surface area contributed by atoms with Gasteiger partial charge in [0, 0.05) is 25.9 Å². The standard InChI is InChI=1S/C25H19N3O6/c1-26-22(31)25(23(32)27(2)24(26)33,14-15-8-4-3-5-9-15)34-28-20(29)17-12-6-10-16-11-7-13-18(19(16)17)21(28)30/h3-13H,14H2,1-2H3. The van der Waals surface area contributed by atoms with Crippen molar-refractivity contribution in [3.63, 3.8) is 0 Å². The molecule has 1 fully saturated rings. The first-order valence-electron chi connectivity index (χ1n) is 10.5. The first-order valence-corrected chi connectivity index (χ1v) is 10.5. The van der Waals surface area contributed by atoms with Crippen LogP contribution in [-0.4, -0.2) is 64.2 Å². The van der Waals surface area contributed by atoms with Crippen LogP contribution in [0.1, 0.15) is 26.3 Å². The van der Waals surface area contributed by atoms with Gasteiger partial charge < -0.3 is 0 Å². The number of imide groups is 3. The molecule has 5 rings (SSSR count). The zero-order valence-corrected chi connectivity index (χ0v) is 18.3. The maximum Gasteiger partial charge on any atom is 0.333 e. The highest BCUT2D eigenvalue weighted by molar-refractivity contribution is 6.26. The van der Waals surface area contributed by atoms with Gasteiger partial charge in [0.1, 0.15) is 0 Å². The summed E-state index contributed by atoms with van der Waals surface area (Å²) in [4.78, 5) is 73.4. The molecule has 3 aromatic rings. The third kappa shape index (κ3) is 2.94. The normalized spacial score (nSPS) is 17.7. The molecule has 0 spiro atoms. The van der Waals surface area contributed by atoms with Crippen LogP contribution < -0.4 is 0 Å². The van der Waals surface area contributed by atoms with Gasteiger partial charge in [-0.05, 0) is 23.1 Å². The van der Waals surface area contributed by atoms with Gasteiger partial charge in [-0.3, -0.25) is 29.0 Å². The van der Waals surface area contributed by atoms with E-state index >= 15 is 0 Å². The molecule has 0 aromatic heterocycles. The summed E-state index contributed by atoms with van der Waals surface area (Å²) in [5.41, 5.74) is -1.39. The molecule has 0 unspecified atom stereocenters. The number of hydrogen-bond donors (Lipinski definition) is 0. The van der Waals surface area contributed by atoms with E-state index < -0.39 is 35.3 Å². The number of benzene rings is 3. The molecule has 6 amide bonds. The Morgan fingerprint density at radius 1 is 0.706 bits per heavy atom. The Balaban J connectivity index is 1.65. The summed E-state index contributed by atoms with van der Waals surface area (Å²) in [6, 6.07) is 17.7. The number of carbonyl (C=O) groups is 5. The van der Waals surface area contributed by atoms with Gasteiger partial charge in [0.25, 0.3) is 29.2 Å². The Kier molecular flexibility index (Phi) is 4.80. The van der Waals surface area contributed by atoms with Crippen molar-refractivity contribution in [2.75, 3.05) is 14.1 Å². The van der Waals surface area contributed by atoms with E-state index in [9.17, 15) is 24.0 Å². The van der Waals surface area contributed by atoms with Crippen LogP contribution >= 0.6 is 0 Å². The zero-order valence-electron chi connectivity index (χ0n) is 18.3. The van der Waals surface area contributed by atoms with Crippen LogP contribution in [0.2, 0.25) is 0 Å². The summed E-state index contributed by atoms with van der Waals surface area (Å²) in [5.74, 6) is -3.54. The highest BCUT2D eigenvalue weighted by atomic mass is 16.7. The van der Waals surface area contributed by atoms with Crippen molar-refractivity contribution in [3.05, 3.63) is 83.4 Å². The average molecular weight is 457 g/mol. The second-order valence-electron chi connectivity index (χ2n) is 8.21.